The van der Waals surface area contributed by atoms with E-state index in [-0.39, 0.29) is 24.0 Å². The summed E-state index contributed by atoms with van der Waals surface area (Å²) in [6, 6.07) is 11.8. The van der Waals surface area contributed by atoms with Crippen LogP contribution in [0.4, 0.5) is 0 Å². The predicted octanol–water partition coefficient (Wildman–Crippen LogP) is 3.01. The highest BCUT2D eigenvalue weighted by Crippen LogP contribution is 2.19. The lowest BCUT2D eigenvalue weighted by Gasteiger charge is -2.38. The number of likely N-dealkylation sites (tertiary alicyclic amines) is 1. The molecule has 23 heavy (non-hydrogen) atoms. The highest BCUT2D eigenvalue weighted by molar-refractivity contribution is 14.0. The second-order valence-electron chi connectivity index (χ2n) is 5.91. The Morgan fingerprint density at radius 1 is 1.39 bits per heavy atom. The number of hydrogen-bond acceptors (Lipinski definition) is 2. The maximum atomic E-state index is 4.26. The number of halogens is 1. The van der Waals surface area contributed by atoms with E-state index in [9.17, 15) is 0 Å². The van der Waals surface area contributed by atoms with Gasteiger partial charge in [-0.3, -0.25) is 9.89 Å². The van der Waals surface area contributed by atoms with Crippen LogP contribution in [0, 0.1) is 0 Å². The van der Waals surface area contributed by atoms with Crippen molar-refractivity contribution in [2.24, 2.45) is 4.99 Å². The quantitative estimate of drug-likeness (QED) is 0.328. The van der Waals surface area contributed by atoms with Gasteiger partial charge in [-0.1, -0.05) is 36.4 Å². The SMILES string of the molecule is C=CCNC(=NC)NC1CCN(Cc2ccccc2)C(C)C1.I. The van der Waals surface area contributed by atoms with Gasteiger partial charge in [-0.25, -0.2) is 0 Å². The van der Waals surface area contributed by atoms with E-state index in [1.165, 1.54) is 5.56 Å². The van der Waals surface area contributed by atoms with Crippen LogP contribution in [0.5, 0.6) is 0 Å². The molecule has 0 amide bonds. The molecule has 0 bridgehead atoms. The highest BCUT2D eigenvalue weighted by Gasteiger charge is 2.25. The predicted molar refractivity (Wildman–Crippen MR) is 109 cm³/mol. The van der Waals surface area contributed by atoms with Crippen molar-refractivity contribution in [3.8, 4) is 0 Å². The van der Waals surface area contributed by atoms with Crippen LogP contribution in [0.2, 0.25) is 0 Å². The standard InChI is InChI=1S/C18H28N4.HI/c1-4-11-20-18(19-3)21-17-10-12-22(15(2)13-17)14-16-8-6-5-7-9-16;/h4-9,15,17H,1,10-14H2,2-3H3,(H2,19,20,21);1H. The third kappa shape index (κ3) is 6.51. The molecule has 1 aromatic rings. The highest BCUT2D eigenvalue weighted by atomic mass is 127. The van der Waals surface area contributed by atoms with E-state index in [0.29, 0.717) is 12.1 Å². The van der Waals surface area contributed by atoms with Crippen molar-refractivity contribution in [3.05, 3.63) is 48.6 Å². The maximum absolute atomic E-state index is 4.26. The molecule has 0 aliphatic carbocycles. The minimum absolute atomic E-state index is 0. The molecular weight excluding hydrogens is 399 g/mol. The Bertz CT molecular complexity index is 489. The monoisotopic (exact) mass is 428 g/mol. The first-order valence-corrected chi connectivity index (χ1v) is 8.09. The number of aliphatic imine (C=N–C) groups is 1. The van der Waals surface area contributed by atoms with Crippen LogP contribution in [-0.2, 0) is 6.54 Å². The van der Waals surface area contributed by atoms with Gasteiger partial charge in [-0.15, -0.1) is 30.6 Å². The van der Waals surface area contributed by atoms with Gasteiger partial charge in [-0.05, 0) is 25.3 Å². The van der Waals surface area contributed by atoms with Crippen LogP contribution < -0.4 is 10.6 Å². The molecule has 2 rings (SSSR count). The normalized spacial score (nSPS) is 22.1. The van der Waals surface area contributed by atoms with Crippen LogP contribution in [0.15, 0.2) is 48.0 Å². The zero-order chi connectivity index (χ0) is 15.8. The molecule has 0 saturated carbocycles. The maximum Gasteiger partial charge on any atom is 0.191 e. The average molecular weight is 428 g/mol. The first-order valence-electron chi connectivity index (χ1n) is 8.09. The van der Waals surface area contributed by atoms with E-state index in [2.05, 4.69) is 64.4 Å². The van der Waals surface area contributed by atoms with Crippen molar-refractivity contribution < 1.29 is 0 Å². The summed E-state index contributed by atoms with van der Waals surface area (Å²) in [6.45, 7) is 8.94. The van der Waals surface area contributed by atoms with Gasteiger partial charge in [0, 0.05) is 38.8 Å². The fourth-order valence-electron chi connectivity index (χ4n) is 2.96. The Balaban J connectivity index is 0.00000264. The molecule has 2 unspecified atom stereocenters. The Labute approximate surface area is 157 Å². The summed E-state index contributed by atoms with van der Waals surface area (Å²) in [6.07, 6.45) is 4.13. The fourth-order valence-corrected chi connectivity index (χ4v) is 2.96. The number of nitrogens with zero attached hydrogens (tertiary/aromatic N) is 2. The van der Waals surface area contributed by atoms with Crippen molar-refractivity contribution in [2.75, 3.05) is 20.1 Å². The first kappa shape index (κ1) is 20.0. The summed E-state index contributed by atoms with van der Waals surface area (Å²) in [5.74, 6) is 0.869. The smallest absolute Gasteiger partial charge is 0.191 e. The molecule has 0 aromatic heterocycles. The Morgan fingerprint density at radius 3 is 2.74 bits per heavy atom. The summed E-state index contributed by atoms with van der Waals surface area (Å²) in [7, 11) is 1.81. The molecule has 1 aliphatic rings. The average Bonchev–Trinajstić information content (AvgIpc) is 2.55. The van der Waals surface area contributed by atoms with E-state index in [1.807, 2.05) is 13.1 Å². The van der Waals surface area contributed by atoms with Crippen LogP contribution >= 0.6 is 24.0 Å². The molecule has 2 atom stereocenters. The lowest BCUT2D eigenvalue weighted by Crippen LogP contribution is -2.51. The molecular formula is C18H29IN4. The number of benzene rings is 1. The minimum atomic E-state index is 0. The van der Waals surface area contributed by atoms with Crippen LogP contribution in [0.25, 0.3) is 0 Å². The Kier molecular flexibility index (Phi) is 9.24. The number of rotatable bonds is 5. The number of hydrogen-bond donors (Lipinski definition) is 2. The van der Waals surface area contributed by atoms with Gasteiger partial charge in [0.1, 0.15) is 0 Å². The summed E-state index contributed by atoms with van der Waals surface area (Å²) in [5.41, 5.74) is 1.39. The van der Waals surface area contributed by atoms with Gasteiger partial charge in [0.2, 0.25) is 0 Å². The molecule has 4 nitrogen and oxygen atoms in total. The molecule has 5 heteroatoms. The number of nitrogens with one attached hydrogen (secondary N) is 2. The third-order valence-electron chi connectivity index (χ3n) is 4.22. The van der Waals surface area contributed by atoms with Crippen LogP contribution in [0.1, 0.15) is 25.3 Å². The number of guanidine groups is 1. The molecule has 1 heterocycles. The molecule has 0 spiro atoms. The lowest BCUT2D eigenvalue weighted by molar-refractivity contribution is 0.134. The van der Waals surface area contributed by atoms with Gasteiger partial charge in [0.15, 0.2) is 5.96 Å². The van der Waals surface area contributed by atoms with Gasteiger partial charge in [0.25, 0.3) is 0 Å². The van der Waals surface area contributed by atoms with Gasteiger partial charge in [0.05, 0.1) is 0 Å². The van der Waals surface area contributed by atoms with Gasteiger partial charge in [-0.2, -0.15) is 0 Å². The molecule has 128 valence electrons. The van der Waals surface area contributed by atoms with E-state index < -0.39 is 0 Å². The van der Waals surface area contributed by atoms with E-state index in [4.69, 9.17) is 0 Å². The van der Waals surface area contributed by atoms with E-state index in [1.54, 1.807) is 0 Å². The summed E-state index contributed by atoms with van der Waals surface area (Å²) >= 11 is 0. The zero-order valence-corrected chi connectivity index (χ0v) is 16.5. The summed E-state index contributed by atoms with van der Waals surface area (Å²) in [5, 5.41) is 6.76. The zero-order valence-electron chi connectivity index (χ0n) is 14.2. The molecule has 1 aromatic carbocycles. The fraction of sp³-hybridized carbons (Fsp3) is 0.500. The van der Waals surface area contributed by atoms with Crippen LogP contribution in [0.3, 0.4) is 0 Å². The molecule has 2 N–H and O–H groups in total. The Morgan fingerprint density at radius 2 is 2.13 bits per heavy atom. The van der Waals surface area contributed by atoms with Crippen molar-refractivity contribution in [3.63, 3.8) is 0 Å². The first-order chi connectivity index (χ1) is 10.7. The topological polar surface area (TPSA) is 39.7 Å². The minimum Gasteiger partial charge on any atom is -0.354 e. The van der Waals surface area contributed by atoms with E-state index >= 15 is 0 Å². The van der Waals surface area contributed by atoms with Crippen molar-refractivity contribution in [1.82, 2.24) is 15.5 Å². The summed E-state index contributed by atoms with van der Waals surface area (Å²) in [4.78, 5) is 6.83. The second-order valence-corrected chi connectivity index (χ2v) is 5.91. The summed E-state index contributed by atoms with van der Waals surface area (Å²) < 4.78 is 0. The largest absolute Gasteiger partial charge is 0.354 e. The molecule has 1 fully saturated rings. The van der Waals surface area contributed by atoms with Gasteiger partial charge >= 0.3 is 0 Å². The van der Waals surface area contributed by atoms with Gasteiger partial charge < -0.3 is 10.6 Å². The van der Waals surface area contributed by atoms with Crippen molar-refractivity contribution >= 4 is 29.9 Å². The Hall–Kier alpha value is -1.08. The third-order valence-corrected chi connectivity index (χ3v) is 4.22. The van der Waals surface area contributed by atoms with Crippen molar-refractivity contribution in [2.45, 2.75) is 38.4 Å². The lowest BCUT2D eigenvalue weighted by atomic mass is 9.97. The van der Waals surface area contributed by atoms with Crippen molar-refractivity contribution in [1.29, 1.82) is 0 Å². The molecule has 0 radical (unpaired) electrons. The van der Waals surface area contributed by atoms with Crippen LogP contribution in [-0.4, -0.2) is 43.1 Å². The van der Waals surface area contributed by atoms with E-state index in [0.717, 1.165) is 38.4 Å². The molecule has 1 aliphatic heterocycles. The second kappa shape index (κ2) is 10.6. The number of piperidine rings is 1. The molecule has 1 saturated heterocycles.